The number of nitrogens with zero attached hydrogens (tertiary/aromatic N) is 1. The fraction of sp³-hybridized carbons (Fsp3) is 0.400. The zero-order valence-corrected chi connectivity index (χ0v) is 10.9. The maximum Gasteiger partial charge on any atom is 0.181 e. The van der Waals surface area contributed by atoms with Crippen molar-refractivity contribution in [2.24, 2.45) is 0 Å². The van der Waals surface area contributed by atoms with Gasteiger partial charge in [-0.15, -0.1) is 0 Å². The predicted octanol–water partition coefficient (Wildman–Crippen LogP) is 2.68. The molecule has 3 nitrogen and oxygen atoms in total. The number of Topliss-reactive ketones (excluding diaryl/α,β-unsaturated/α-hetero) is 1. The molecule has 1 saturated heterocycles. The van der Waals surface area contributed by atoms with Gasteiger partial charge in [-0.05, 0) is 25.8 Å². The standard InChI is InChI=1S/C15H19NO2/c1-15(2)14(18)13(11-17)8-9-16(15)10-12-6-4-3-5-7-12/h3-7,11,17H,8-10H2,1-2H3/b13-11-. The van der Waals surface area contributed by atoms with E-state index in [4.69, 9.17) is 5.11 Å². The Balaban J connectivity index is 2.18. The summed E-state index contributed by atoms with van der Waals surface area (Å²) in [5.41, 5.74) is 1.18. The molecule has 0 spiro atoms. The minimum absolute atomic E-state index is 0.0205. The average molecular weight is 245 g/mol. The molecule has 1 heterocycles. The Morgan fingerprint density at radius 1 is 1.33 bits per heavy atom. The molecule has 0 saturated carbocycles. The quantitative estimate of drug-likeness (QED) is 0.643. The molecule has 1 aromatic carbocycles. The minimum Gasteiger partial charge on any atom is -0.515 e. The van der Waals surface area contributed by atoms with Crippen LogP contribution in [0.4, 0.5) is 0 Å². The number of carbonyl (C=O) groups excluding carboxylic acids is 1. The average Bonchev–Trinajstić information content (AvgIpc) is 2.37. The molecule has 0 atom stereocenters. The third-order valence-electron chi connectivity index (χ3n) is 3.66. The molecular formula is C15H19NO2. The van der Waals surface area contributed by atoms with Crippen molar-refractivity contribution in [2.75, 3.05) is 6.54 Å². The molecule has 2 rings (SSSR count). The van der Waals surface area contributed by atoms with Gasteiger partial charge in [-0.2, -0.15) is 0 Å². The summed E-state index contributed by atoms with van der Waals surface area (Å²) in [6.07, 6.45) is 1.58. The van der Waals surface area contributed by atoms with Gasteiger partial charge in [-0.1, -0.05) is 30.3 Å². The summed E-state index contributed by atoms with van der Waals surface area (Å²) in [5, 5.41) is 9.07. The van der Waals surface area contributed by atoms with E-state index in [9.17, 15) is 4.79 Å². The van der Waals surface area contributed by atoms with Crippen molar-refractivity contribution in [3.8, 4) is 0 Å². The first-order chi connectivity index (χ1) is 8.55. The molecule has 18 heavy (non-hydrogen) atoms. The van der Waals surface area contributed by atoms with Crippen LogP contribution in [0.5, 0.6) is 0 Å². The normalized spacial score (nSPS) is 22.3. The number of hydrogen-bond acceptors (Lipinski definition) is 3. The van der Waals surface area contributed by atoms with Crippen LogP contribution < -0.4 is 0 Å². The largest absolute Gasteiger partial charge is 0.515 e. The monoisotopic (exact) mass is 245 g/mol. The Kier molecular flexibility index (Phi) is 3.53. The van der Waals surface area contributed by atoms with E-state index in [1.807, 2.05) is 32.0 Å². The number of likely N-dealkylation sites (tertiary alicyclic amines) is 1. The first-order valence-electron chi connectivity index (χ1n) is 6.22. The second-order valence-electron chi connectivity index (χ2n) is 5.20. The lowest BCUT2D eigenvalue weighted by molar-refractivity contribution is -0.128. The van der Waals surface area contributed by atoms with E-state index in [1.165, 1.54) is 5.56 Å². The summed E-state index contributed by atoms with van der Waals surface area (Å²) < 4.78 is 0. The lowest BCUT2D eigenvalue weighted by atomic mass is 9.85. The van der Waals surface area contributed by atoms with Gasteiger partial charge in [-0.3, -0.25) is 9.69 Å². The van der Waals surface area contributed by atoms with Crippen molar-refractivity contribution in [1.29, 1.82) is 0 Å². The van der Waals surface area contributed by atoms with Gasteiger partial charge in [0.2, 0.25) is 0 Å². The topological polar surface area (TPSA) is 40.5 Å². The van der Waals surface area contributed by atoms with Gasteiger partial charge < -0.3 is 5.11 Å². The summed E-state index contributed by atoms with van der Waals surface area (Å²) in [4.78, 5) is 14.4. The van der Waals surface area contributed by atoms with E-state index in [0.29, 0.717) is 12.0 Å². The Bertz CT molecular complexity index is 463. The van der Waals surface area contributed by atoms with Crippen LogP contribution in [0.25, 0.3) is 0 Å². The van der Waals surface area contributed by atoms with Gasteiger partial charge >= 0.3 is 0 Å². The number of carbonyl (C=O) groups is 1. The molecule has 3 heteroatoms. The molecule has 0 aliphatic carbocycles. The zero-order valence-electron chi connectivity index (χ0n) is 10.9. The third kappa shape index (κ3) is 2.31. The number of ketones is 1. The molecule has 1 aromatic rings. The molecule has 0 unspecified atom stereocenters. The highest BCUT2D eigenvalue weighted by atomic mass is 16.2. The lowest BCUT2D eigenvalue weighted by Gasteiger charge is -2.41. The van der Waals surface area contributed by atoms with Crippen molar-refractivity contribution in [3.05, 3.63) is 47.7 Å². The number of piperidine rings is 1. The molecule has 1 fully saturated rings. The van der Waals surface area contributed by atoms with Gasteiger partial charge in [0, 0.05) is 18.7 Å². The van der Waals surface area contributed by atoms with Gasteiger partial charge in [0.1, 0.15) is 0 Å². The summed E-state index contributed by atoms with van der Waals surface area (Å²) in [7, 11) is 0. The van der Waals surface area contributed by atoms with E-state index in [2.05, 4.69) is 17.0 Å². The molecule has 0 bridgehead atoms. The smallest absolute Gasteiger partial charge is 0.181 e. The number of aliphatic hydroxyl groups excluding tert-OH is 1. The number of benzene rings is 1. The van der Waals surface area contributed by atoms with Crippen LogP contribution in [0, 0.1) is 0 Å². The van der Waals surface area contributed by atoms with E-state index < -0.39 is 5.54 Å². The lowest BCUT2D eigenvalue weighted by Crippen LogP contribution is -2.54. The highest BCUT2D eigenvalue weighted by Crippen LogP contribution is 2.28. The van der Waals surface area contributed by atoms with Gasteiger partial charge in [0.25, 0.3) is 0 Å². The van der Waals surface area contributed by atoms with E-state index in [0.717, 1.165) is 19.4 Å². The Hall–Kier alpha value is -1.61. The highest BCUT2D eigenvalue weighted by molar-refractivity contribution is 6.02. The summed E-state index contributed by atoms with van der Waals surface area (Å²) in [6, 6.07) is 10.1. The molecule has 0 radical (unpaired) electrons. The van der Waals surface area contributed by atoms with Crippen molar-refractivity contribution in [1.82, 2.24) is 4.90 Å². The molecule has 0 aromatic heterocycles. The second-order valence-corrected chi connectivity index (χ2v) is 5.20. The fourth-order valence-corrected chi connectivity index (χ4v) is 2.39. The molecule has 1 N–H and O–H groups in total. The first kappa shape index (κ1) is 12.8. The Labute approximate surface area is 108 Å². The van der Waals surface area contributed by atoms with Crippen LogP contribution in [0.1, 0.15) is 25.8 Å². The molecule has 96 valence electrons. The number of aliphatic hydroxyl groups is 1. The third-order valence-corrected chi connectivity index (χ3v) is 3.66. The van der Waals surface area contributed by atoms with Gasteiger partial charge in [0.05, 0.1) is 11.8 Å². The van der Waals surface area contributed by atoms with Crippen LogP contribution in [0.15, 0.2) is 42.2 Å². The van der Waals surface area contributed by atoms with Gasteiger partial charge in [0.15, 0.2) is 5.78 Å². The van der Waals surface area contributed by atoms with E-state index >= 15 is 0 Å². The summed E-state index contributed by atoms with van der Waals surface area (Å²) in [5.74, 6) is 0.0205. The van der Waals surface area contributed by atoms with Gasteiger partial charge in [-0.25, -0.2) is 0 Å². The summed E-state index contributed by atoms with van der Waals surface area (Å²) in [6.45, 7) is 5.39. The van der Waals surface area contributed by atoms with Crippen LogP contribution in [0.2, 0.25) is 0 Å². The second kappa shape index (κ2) is 4.94. The van der Waals surface area contributed by atoms with Crippen LogP contribution >= 0.6 is 0 Å². The van der Waals surface area contributed by atoms with Crippen molar-refractivity contribution in [3.63, 3.8) is 0 Å². The SMILES string of the molecule is CC1(C)C(=O)/C(=C\O)CCN1Cc1ccccc1. The molecule has 1 aliphatic heterocycles. The van der Waals surface area contributed by atoms with Crippen LogP contribution in [-0.4, -0.2) is 27.9 Å². The van der Waals surface area contributed by atoms with E-state index in [1.54, 1.807) is 0 Å². The first-order valence-corrected chi connectivity index (χ1v) is 6.22. The molecule has 1 aliphatic rings. The zero-order chi connectivity index (χ0) is 13.2. The molecule has 0 amide bonds. The Morgan fingerprint density at radius 3 is 2.61 bits per heavy atom. The van der Waals surface area contributed by atoms with Crippen molar-refractivity contribution >= 4 is 5.78 Å². The van der Waals surface area contributed by atoms with Crippen molar-refractivity contribution in [2.45, 2.75) is 32.4 Å². The van der Waals surface area contributed by atoms with Crippen LogP contribution in [-0.2, 0) is 11.3 Å². The summed E-state index contributed by atoms with van der Waals surface area (Å²) >= 11 is 0. The van der Waals surface area contributed by atoms with Crippen molar-refractivity contribution < 1.29 is 9.90 Å². The minimum atomic E-state index is -0.553. The van der Waals surface area contributed by atoms with E-state index in [-0.39, 0.29) is 5.78 Å². The number of hydrogen-bond donors (Lipinski definition) is 1. The maximum atomic E-state index is 12.2. The maximum absolute atomic E-state index is 12.2. The van der Waals surface area contributed by atoms with Crippen LogP contribution in [0.3, 0.4) is 0 Å². The highest BCUT2D eigenvalue weighted by Gasteiger charge is 2.39. The molecular weight excluding hydrogens is 226 g/mol. The number of rotatable bonds is 2. The predicted molar refractivity (Wildman–Crippen MR) is 71.3 cm³/mol. The fourth-order valence-electron chi connectivity index (χ4n) is 2.39. The Morgan fingerprint density at radius 2 is 2.00 bits per heavy atom.